The van der Waals surface area contributed by atoms with E-state index in [1.165, 1.54) is 6.21 Å². The van der Waals surface area contributed by atoms with Crippen molar-refractivity contribution in [3.8, 4) is 11.3 Å². The summed E-state index contributed by atoms with van der Waals surface area (Å²) in [5.41, 5.74) is 3.37. The quantitative estimate of drug-likeness (QED) is 0.589. The molecule has 1 aromatic carbocycles. The number of halogens is 2. The summed E-state index contributed by atoms with van der Waals surface area (Å²) in [6, 6.07) is 9.19. The minimum absolute atomic E-state index is 0.162. The molecule has 8 heteroatoms. The van der Waals surface area contributed by atoms with Crippen LogP contribution in [0.1, 0.15) is 5.76 Å². The van der Waals surface area contributed by atoms with Crippen molar-refractivity contribution in [1.29, 1.82) is 0 Å². The third kappa shape index (κ3) is 5.15. The number of morpholine rings is 1. The molecule has 25 heavy (non-hydrogen) atoms. The molecule has 1 N–H and O–H groups in total. The second-order valence-electron chi connectivity index (χ2n) is 5.51. The Morgan fingerprint density at radius 1 is 1.32 bits per heavy atom. The lowest BCUT2D eigenvalue weighted by Crippen LogP contribution is -2.42. The number of ether oxygens (including phenoxy) is 1. The predicted octanol–water partition coefficient (Wildman–Crippen LogP) is 3.14. The molecule has 132 valence electrons. The maximum absolute atomic E-state index is 11.8. The van der Waals surface area contributed by atoms with Gasteiger partial charge >= 0.3 is 0 Å². The molecule has 1 saturated heterocycles. The highest BCUT2D eigenvalue weighted by Crippen LogP contribution is 2.29. The van der Waals surface area contributed by atoms with Gasteiger partial charge in [0.15, 0.2) is 0 Å². The van der Waals surface area contributed by atoms with E-state index in [0.717, 1.165) is 23.1 Å². The van der Waals surface area contributed by atoms with Gasteiger partial charge in [-0.1, -0.05) is 17.7 Å². The SMILES string of the molecule is O=C(CN1CCOCC1)N/N=C/c1ccc(-c2ccc(Br)c(Cl)c2)o1. The summed E-state index contributed by atoms with van der Waals surface area (Å²) in [7, 11) is 0. The smallest absolute Gasteiger partial charge is 0.254 e. The summed E-state index contributed by atoms with van der Waals surface area (Å²) >= 11 is 9.45. The van der Waals surface area contributed by atoms with Gasteiger partial charge in [0.05, 0.1) is 31.0 Å². The lowest BCUT2D eigenvalue weighted by molar-refractivity contribution is -0.123. The first-order valence-corrected chi connectivity index (χ1v) is 8.96. The van der Waals surface area contributed by atoms with Gasteiger partial charge in [-0.05, 0) is 40.2 Å². The van der Waals surface area contributed by atoms with E-state index in [2.05, 4.69) is 26.5 Å². The number of carbonyl (C=O) groups excluding carboxylic acids is 1. The van der Waals surface area contributed by atoms with E-state index in [4.69, 9.17) is 20.8 Å². The Kier molecular flexibility index (Phi) is 6.25. The van der Waals surface area contributed by atoms with E-state index in [-0.39, 0.29) is 5.91 Å². The largest absolute Gasteiger partial charge is 0.455 e. The van der Waals surface area contributed by atoms with Crippen molar-refractivity contribution in [3.63, 3.8) is 0 Å². The van der Waals surface area contributed by atoms with Crippen molar-refractivity contribution >= 4 is 39.7 Å². The summed E-state index contributed by atoms with van der Waals surface area (Å²) in [4.78, 5) is 13.9. The van der Waals surface area contributed by atoms with Crippen LogP contribution in [-0.4, -0.2) is 49.9 Å². The Morgan fingerprint density at radius 3 is 2.88 bits per heavy atom. The molecule has 2 heterocycles. The molecule has 0 bridgehead atoms. The maximum Gasteiger partial charge on any atom is 0.254 e. The van der Waals surface area contributed by atoms with Gasteiger partial charge in [-0.15, -0.1) is 0 Å². The van der Waals surface area contributed by atoms with Gasteiger partial charge in [-0.3, -0.25) is 9.69 Å². The van der Waals surface area contributed by atoms with Gasteiger partial charge in [0.1, 0.15) is 11.5 Å². The van der Waals surface area contributed by atoms with Gasteiger partial charge in [0.2, 0.25) is 0 Å². The van der Waals surface area contributed by atoms with E-state index in [9.17, 15) is 4.79 Å². The van der Waals surface area contributed by atoms with Crippen molar-refractivity contribution in [1.82, 2.24) is 10.3 Å². The van der Waals surface area contributed by atoms with Gasteiger partial charge < -0.3 is 9.15 Å². The van der Waals surface area contributed by atoms with Gasteiger partial charge in [0.25, 0.3) is 5.91 Å². The molecule has 0 atom stereocenters. The lowest BCUT2D eigenvalue weighted by Gasteiger charge is -2.25. The third-order valence-electron chi connectivity index (χ3n) is 3.68. The van der Waals surface area contributed by atoms with E-state index in [0.29, 0.717) is 36.3 Å². The van der Waals surface area contributed by atoms with Crippen molar-refractivity contribution < 1.29 is 13.9 Å². The standard InChI is InChI=1S/C17H17BrClN3O3/c18-14-3-1-12(9-15(14)19)16-4-2-13(25-16)10-20-21-17(23)11-22-5-7-24-8-6-22/h1-4,9-10H,5-8,11H2,(H,21,23)/b20-10+. The Labute approximate surface area is 158 Å². The third-order valence-corrected chi connectivity index (χ3v) is 4.92. The fourth-order valence-corrected chi connectivity index (χ4v) is 2.82. The maximum atomic E-state index is 11.8. The molecule has 1 aromatic heterocycles. The molecule has 0 spiro atoms. The topological polar surface area (TPSA) is 67.1 Å². The molecule has 0 unspecified atom stereocenters. The van der Waals surface area contributed by atoms with Gasteiger partial charge in [-0.25, -0.2) is 5.43 Å². The number of carbonyl (C=O) groups is 1. The number of rotatable bonds is 5. The van der Waals surface area contributed by atoms with Crippen LogP contribution in [0.4, 0.5) is 0 Å². The number of amides is 1. The second-order valence-corrected chi connectivity index (χ2v) is 6.77. The van der Waals surface area contributed by atoms with Crippen LogP contribution in [0.25, 0.3) is 11.3 Å². The first-order valence-electron chi connectivity index (χ1n) is 7.79. The zero-order valence-corrected chi connectivity index (χ0v) is 15.7. The fourth-order valence-electron chi connectivity index (χ4n) is 2.39. The number of furan rings is 1. The molecular formula is C17H17BrClN3O3. The van der Waals surface area contributed by atoms with Crippen molar-refractivity contribution in [3.05, 3.63) is 45.6 Å². The van der Waals surface area contributed by atoms with Crippen LogP contribution in [0.5, 0.6) is 0 Å². The summed E-state index contributed by atoms with van der Waals surface area (Å²) in [5.74, 6) is 1.06. The number of hydrazone groups is 1. The first kappa shape index (κ1) is 18.1. The van der Waals surface area contributed by atoms with Crippen LogP contribution in [0, 0.1) is 0 Å². The van der Waals surface area contributed by atoms with Crippen molar-refractivity contribution in [2.75, 3.05) is 32.8 Å². The molecule has 1 amide bonds. The average molecular weight is 427 g/mol. The van der Waals surface area contributed by atoms with Crippen LogP contribution >= 0.6 is 27.5 Å². The molecule has 3 rings (SSSR count). The highest BCUT2D eigenvalue weighted by atomic mass is 79.9. The Morgan fingerprint density at radius 2 is 2.12 bits per heavy atom. The Bertz CT molecular complexity index is 772. The van der Waals surface area contributed by atoms with E-state index in [1.54, 1.807) is 6.07 Å². The van der Waals surface area contributed by atoms with E-state index >= 15 is 0 Å². The Hall–Kier alpha value is -1.67. The van der Waals surface area contributed by atoms with Crippen molar-refractivity contribution in [2.45, 2.75) is 0 Å². The molecule has 1 aliphatic rings. The number of hydrogen-bond acceptors (Lipinski definition) is 5. The van der Waals surface area contributed by atoms with Crippen LogP contribution in [0.2, 0.25) is 5.02 Å². The van der Waals surface area contributed by atoms with Crippen LogP contribution in [-0.2, 0) is 9.53 Å². The molecule has 0 saturated carbocycles. The zero-order valence-electron chi connectivity index (χ0n) is 13.4. The van der Waals surface area contributed by atoms with Crippen LogP contribution < -0.4 is 5.43 Å². The molecule has 6 nitrogen and oxygen atoms in total. The predicted molar refractivity (Wildman–Crippen MR) is 99.8 cm³/mol. The lowest BCUT2D eigenvalue weighted by atomic mass is 10.2. The van der Waals surface area contributed by atoms with Gasteiger partial charge in [-0.2, -0.15) is 5.10 Å². The van der Waals surface area contributed by atoms with Crippen LogP contribution in [0.3, 0.4) is 0 Å². The molecule has 1 fully saturated rings. The zero-order chi connectivity index (χ0) is 17.6. The monoisotopic (exact) mass is 425 g/mol. The highest BCUT2D eigenvalue weighted by molar-refractivity contribution is 9.10. The van der Waals surface area contributed by atoms with Crippen LogP contribution in [0.15, 0.2) is 44.3 Å². The number of nitrogens with one attached hydrogen (secondary N) is 1. The van der Waals surface area contributed by atoms with Gasteiger partial charge in [0, 0.05) is 23.1 Å². The summed E-state index contributed by atoms with van der Waals surface area (Å²) in [6.45, 7) is 3.14. The minimum Gasteiger partial charge on any atom is -0.455 e. The number of hydrogen-bond donors (Lipinski definition) is 1. The second kappa shape index (κ2) is 8.62. The summed E-state index contributed by atoms with van der Waals surface area (Å²) in [6.07, 6.45) is 1.47. The summed E-state index contributed by atoms with van der Waals surface area (Å²) in [5, 5.41) is 4.55. The molecule has 2 aromatic rings. The Balaban J connectivity index is 1.54. The first-order chi connectivity index (χ1) is 12.1. The molecule has 0 radical (unpaired) electrons. The highest BCUT2D eigenvalue weighted by Gasteiger charge is 2.13. The molecule has 0 aliphatic carbocycles. The fraction of sp³-hybridized carbons (Fsp3) is 0.294. The van der Waals surface area contributed by atoms with E-state index < -0.39 is 0 Å². The molecule has 1 aliphatic heterocycles. The number of nitrogens with zero attached hydrogens (tertiary/aromatic N) is 2. The van der Waals surface area contributed by atoms with Crippen molar-refractivity contribution in [2.24, 2.45) is 5.10 Å². The average Bonchev–Trinajstić information content (AvgIpc) is 3.07. The minimum atomic E-state index is -0.162. The number of benzene rings is 1. The molecular weight excluding hydrogens is 410 g/mol. The van der Waals surface area contributed by atoms with E-state index in [1.807, 2.05) is 29.2 Å². The summed E-state index contributed by atoms with van der Waals surface area (Å²) < 4.78 is 11.8. The normalized spacial score (nSPS) is 15.6.